The Morgan fingerprint density at radius 3 is 2.78 bits per heavy atom. The van der Waals surface area contributed by atoms with E-state index >= 15 is 0 Å². The first-order valence-corrected chi connectivity index (χ1v) is 7.79. The molecule has 0 unspecified atom stereocenters. The highest BCUT2D eigenvalue weighted by Crippen LogP contribution is 2.26. The summed E-state index contributed by atoms with van der Waals surface area (Å²) in [6.45, 7) is 1.82. The van der Waals surface area contributed by atoms with E-state index in [0.717, 1.165) is 36.8 Å². The van der Waals surface area contributed by atoms with Crippen LogP contribution in [0.25, 0.3) is 0 Å². The number of tetrazole rings is 1. The number of anilines is 1. The zero-order valence-corrected chi connectivity index (χ0v) is 13.0. The summed E-state index contributed by atoms with van der Waals surface area (Å²) in [6, 6.07) is 7.88. The number of aromatic nitrogens is 4. The molecule has 2 N–H and O–H groups in total. The molecular weight excluding hydrogens is 294 g/mol. The van der Waals surface area contributed by atoms with Crippen LogP contribution in [0.2, 0.25) is 0 Å². The summed E-state index contributed by atoms with van der Waals surface area (Å²) in [4.78, 5) is 23.9. The summed E-state index contributed by atoms with van der Waals surface area (Å²) in [5, 5.41) is 15.7. The highest BCUT2D eigenvalue weighted by atomic mass is 16.2. The Morgan fingerprint density at radius 2 is 2.17 bits per heavy atom. The molecule has 23 heavy (non-hydrogen) atoms. The van der Waals surface area contributed by atoms with Crippen LogP contribution >= 0.6 is 0 Å². The number of amides is 1. The number of nitrogens with zero attached hydrogens (tertiary/aromatic N) is 3. The fourth-order valence-corrected chi connectivity index (χ4v) is 2.92. The number of benzene rings is 1. The minimum atomic E-state index is -0.323. The fraction of sp³-hybridized carbons (Fsp3) is 0.438. The van der Waals surface area contributed by atoms with Crippen molar-refractivity contribution in [2.24, 2.45) is 5.92 Å². The zero-order valence-electron chi connectivity index (χ0n) is 13.0. The molecule has 7 nitrogen and oxygen atoms in total. The SMILES string of the molecule is C[C@H](C(=O)Nc1nn[nH]n1)c1ccc(C[C@@H]2CCCC2=O)cc1. The Balaban J connectivity index is 1.61. The van der Waals surface area contributed by atoms with Crippen molar-refractivity contribution in [1.29, 1.82) is 0 Å². The normalized spacial score (nSPS) is 18.8. The van der Waals surface area contributed by atoms with Gasteiger partial charge in [0.2, 0.25) is 5.91 Å². The first kappa shape index (κ1) is 15.3. The van der Waals surface area contributed by atoms with Crippen LogP contribution in [0.4, 0.5) is 5.95 Å². The maximum Gasteiger partial charge on any atom is 0.269 e. The molecule has 0 saturated heterocycles. The molecule has 2 aromatic rings. The van der Waals surface area contributed by atoms with E-state index in [1.165, 1.54) is 0 Å². The summed E-state index contributed by atoms with van der Waals surface area (Å²) in [5.41, 5.74) is 2.05. The third kappa shape index (κ3) is 3.61. The van der Waals surface area contributed by atoms with E-state index in [2.05, 4.69) is 25.9 Å². The molecule has 7 heteroatoms. The number of rotatable bonds is 5. The van der Waals surface area contributed by atoms with Crippen molar-refractivity contribution >= 4 is 17.6 Å². The van der Waals surface area contributed by atoms with Gasteiger partial charge < -0.3 is 0 Å². The second-order valence-electron chi connectivity index (χ2n) is 5.95. The standard InChI is InChI=1S/C16H19N5O2/c1-10(15(23)17-16-18-20-21-19-16)12-7-5-11(6-8-12)9-13-3-2-4-14(13)22/h5-8,10,13H,2-4,9H2,1H3,(H2,17,18,19,20,21,23)/t10-,13-/m0/s1. The van der Waals surface area contributed by atoms with Crippen LogP contribution < -0.4 is 5.32 Å². The lowest BCUT2D eigenvalue weighted by atomic mass is 9.94. The van der Waals surface area contributed by atoms with Crippen LogP contribution in [0.15, 0.2) is 24.3 Å². The van der Waals surface area contributed by atoms with E-state index in [9.17, 15) is 9.59 Å². The summed E-state index contributed by atoms with van der Waals surface area (Å²) < 4.78 is 0. The molecule has 1 aliphatic rings. The monoisotopic (exact) mass is 313 g/mol. The Bertz CT molecular complexity index is 681. The first-order valence-electron chi connectivity index (χ1n) is 7.79. The van der Waals surface area contributed by atoms with Gasteiger partial charge in [-0.1, -0.05) is 29.4 Å². The fourth-order valence-electron chi connectivity index (χ4n) is 2.92. The van der Waals surface area contributed by atoms with E-state index in [-0.39, 0.29) is 23.7 Å². The van der Waals surface area contributed by atoms with Gasteiger partial charge in [0.05, 0.1) is 5.92 Å². The number of carbonyl (C=O) groups is 2. The Kier molecular flexibility index (Phi) is 4.45. The van der Waals surface area contributed by atoms with E-state index in [4.69, 9.17) is 0 Å². The molecule has 2 atom stereocenters. The first-order chi connectivity index (χ1) is 11.1. The molecule has 0 radical (unpaired) electrons. The van der Waals surface area contributed by atoms with Gasteiger partial charge >= 0.3 is 0 Å². The molecule has 0 aliphatic heterocycles. The second kappa shape index (κ2) is 6.68. The van der Waals surface area contributed by atoms with E-state index in [1.807, 2.05) is 31.2 Å². The van der Waals surface area contributed by atoms with Crippen molar-refractivity contribution in [3.8, 4) is 0 Å². The maximum atomic E-state index is 12.1. The molecule has 1 aromatic heterocycles. The highest BCUT2D eigenvalue weighted by Gasteiger charge is 2.24. The topological polar surface area (TPSA) is 101 Å². The van der Waals surface area contributed by atoms with Gasteiger partial charge in [-0.15, -0.1) is 5.10 Å². The van der Waals surface area contributed by atoms with Crippen molar-refractivity contribution in [3.05, 3.63) is 35.4 Å². The molecule has 1 amide bonds. The quantitative estimate of drug-likeness (QED) is 0.877. The molecule has 1 aliphatic carbocycles. The number of hydrogen-bond donors (Lipinski definition) is 2. The molecule has 1 saturated carbocycles. The third-order valence-corrected chi connectivity index (χ3v) is 4.37. The van der Waals surface area contributed by atoms with Crippen LogP contribution in [0, 0.1) is 5.92 Å². The van der Waals surface area contributed by atoms with Gasteiger partial charge in [0, 0.05) is 12.3 Å². The number of ketones is 1. The number of carbonyl (C=O) groups excluding carboxylic acids is 2. The van der Waals surface area contributed by atoms with Crippen molar-refractivity contribution in [2.75, 3.05) is 5.32 Å². The number of Topliss-reactive ketones (excluding diaryl/α,β-unsaturated/α-hetero) is 1. The minimum absolute atomic E-state index is 0.165. The summed E-state index contributed by atoms with van der Waals surface area (Å²) in [5.74, 6) is 0.195. The Morgan fingerprint density at radius 1 is 1.39 bits per heavy atom. The van der Waals surface area contributed by atoms with Crippen LogP contribution in [0.5, 0.6) is 0 Å². The van der Waals surface area contributed by atoms with Gasteiger partial charge in [0.1, 0.15) is 5.78 Å². The van der Waals surface area contributed by atoms with E-state index in [1.54, 1.807) is 0 Å². The van der Waals surface area contributed by atoms with Gasteiger partial charge in [-0.3, -0.25) is 14.9 Å². The highest BCUT2D eigenvalue weighted by molar-refractivity contribution is 5.94. The Labute approximate surface area is 133 Å². The molecule has 1 heterocycles. The van der Waals surface area contributed by atoms with Crippen molar-refractivity contribution in [1.82, 2.24) is 20.6 Å². The van der Waals surface area contributed by atoms with Gasteiger partial charge in [-0.25, -0.2) is 0 Å². The molecule has 3 rings (SSSR count). The van der Waals surface area contributed by atoms with Gasteiger partial charge in [0.25, 0.3) is 5.95 Å². The van der Waals surface area contributed by atoms with E-state index in [0.29, 0.717) is 5.78 Å². The number of H-pyrrole nitrogens is 1. The molecule has 1 fully saturated rings. The molecule has 0 bridgehead atoms. The van der Waals surface area contributed by atoms with Crippen LogP contribution in [-0.2, 0) is 16.0 Å². The maximum absolute atomic E-state index is 12.1. The van der Waals surface area contributed by atoms with Gasteiger partial charge in [-0.05, 0) is 42.5 Å². The lowest BCUT2D eigenvalue weighted by Gasteiger charge is -2.12. The lowest BCUT2D eigenvalue weighted by Crippen LogP contribution is -2.19. The molecule has 1 aromatic carbocycles. The van der Waals surface area contributed by atoms with Gasteiger partial charge in [-0.2, -0.15) is 5.21 Å². The predicted molar refractivity (Wildman–Crippen MR) is 83.7 cm³/mol. The molecular formula is C16H19N5O2. The second-order valence-corrected chi connectivity index (χ2v) is 5.95. The predicted octanol–water partition coefficient (Wildman–Crippen LogP) is 1.85. The minimum Gasteiger partial charge on any atom is -0.299 e. The third-order valence-electron chi connectivity index (χ3n) is 4.37. The zero-order chi connectivity index (χ0) is 16.2. The average Bonchev–Trinajstić information content (AvgIpc) is 3.20. The average molecular weight is 313 g/mol. The largest absolute Gasteiger partial charge is 0.299 e. The van der Waals surface area contributed by atoms with Crippen molar-refractivity contribution in [2.45, 2.75) is 38.5 Å². The van der Waals surface area contributed by atoms with Crippen molar-refractivity contribution < 1.29 is 9.59 Å². The number of aromatic amines is 1. The summed E-state index contributed by atoms with van der Waals surface area (Å²) >= 11 is 0. The molecule has 0 spiro atoms. The smallest absolute Gasteiger partial charge is 0.269 e. The molecule has 120 valence electrons. The summed E-state index contributed by atoms with van der Waals surface area (Å²) in [6.07, 6.45) is 3.51. The lowest BCUT2D eigenvalue weighted by molar-refractivity contribution is -0.120. The number of hydrogen-bond acceptors (Lipinski definition) is 5. The van der Waals surface area contributed by atoms with Crippen LogP contribution in [0.3, 0.4) is 0 Å². The summed E-state index contributed by atoms with van der Waals surface area (Å²) in [7, 11) is 0. The van der Waals surface area contributed by atoms with Crippen LogP contribution in [-0.4, -0.2) is 32.3 Å². The van der Waals surface area contributed by atoms with Gasteiger partial charge in [0.15, 0.2) is 0 Å². The Hall–Kier alpha value is -2.57. The number of nitrogens with one attached hydrogen (secondary N) is 2. The van der Waals surface area contributed by atoms with Crippen molar-refractivity contribution in [3.63, 3.8) is 0 Å². The van der Waals surface area contributed by atoms with E-state index < -0.39 is 0 Å². The van der Waals surface area contributed by atoms with Crippen LogP contribution in [0.1, 0.15) is 43.2 Å².